The third kappa shape index (κ3) is 3.12. The highest BCUT2D eigenvalue weighted by Crippen LogP contribution is 2.37. The van der Waals surface area contributed by atoms with E-state index in [1.165, 1.54) is 32.1 Å². The van der Waals surface area contributed by atoms with Crippen LogP contribution in [0.15, 0.2) is 27.2 Å². The van der Waals surface area contributed by atoms with Gasteiger partial charge in [-0.3, -0.25) is 0 Å². The second-order valence-corrected chi connectivity index (χ2v) is 6.69. The SMILES string of the molecule is CCC1CCCC(c2noc(-c3ccc(N)c(Br)c3)n2)C1. The van der Waals surface area contributed by atoms with Gasteiger partial charge in [0.1, 0.15) is 0 Å². The van der Waals surface area contributed by atoms with Crippen LogP contribution in [-0.4, -0.2) is 10.1 Å². The van der Waals surface area contributed by atoms with Gasteiger partial charge in [-0.2, -0.15) is 4.98 Å². The number of nitrogen functional groups attached to an aromatic ring is 1. The molecule has 0 saturated heterocycles. The highest BCUT2D eigenvalue weighted by molar-refractivity contribution is 9.10. The monoisotopic (exact) mass is 349 g/mol. The van der Waals surface area contributed by atoms with Crippen LogP contribution >= 0.6 is 15.9 Å². The summed E-state index contributed by atoms with van der Waals surface area (Å²) in [5.74, 6) is 2.68. The third-order valence-electron chi connectivity index (χ3n) is 4.41. The molecule has 1 aromatic carbocycles. The Morgan fingerprint density at radius 2 is 2.24 bits per heavy atom. The maximum absolute atomic E-state index is 5.81. The molecule has 1 fully saturated rings. The molecule has 4 nitrogen and oxygen atoms in total. The highest BCUT2D eigenvalue weighted by atomic mass is 79.9. The van der Waals surface area contributed by atoms with Gasteiger partial charge in [-0.25, -0.2) is 0 Å². The predicted molar refractivity (Wildman–Crippen MR) is 86.8 cm³/mol. The van der Waals surface area contributed by atoms with E-state index in [-0.39, 0.29) is 0 Å². The number of hydrogen-bond acceptors (Lipinski definition) is 4. The molecule has 2 N–H and O–H groups in total. The van der Waals surface area contributed by atoms with Crippen molar-refractivity contribution in [2.75, 3.05) is 5.73 Å². The lowest BCUT2D eigenvalue weighted by Crippen LogP contribution is -2.14. The van der Waals surface area contributed by atoms with Crippen LogP contribution in [0.1, 0.15) is 50.8 Å². The maximum atomic E-state index is 5.81. The van der Waals surface area contributed by atoms with Gasteiger partial charge in [0, 0.05) is 21.6 Å². The number of halogens is 1. The molecule has 0 bridgehead atoms. The molecule has 2 atom stereocenters. The number of rotatable bonds is 3. The molecule has 1 saturated carbocycles. The summed E-state index contributed by atoms with van der Waals surface area (Å²) in [4.78, 5) is 4.60. The molecule has 1 aromatic heterocycles. The Morgan fingerprint density at radius 3 is 3.00 bits per heavy atom. The van der Waals surface area contributed by atoms with E-state index >= 15 is 0 Å². The molecule has 2 aromatic rings. The van der Waals surface area contributed by atoms with Crippen molar-refractivity contribution in [3.63, 3.8) is 0 Å². The number of nitrogens with two attached hydrogens (primary N) is 1. The number of hydrogen-bond donors (Lipinski definition) is 1. The van der Waals surface area contributed by atoms with Crippen molar-refractivity contribution >= 4 is 21.6 Å². The van der Waals surface area contributed by atoms with E-state index in [0.717, 1.165) is 21.8 Å². The molecule has 0 radical (unpaired) electrons. The van der Waals surface area contributed by atoms with Crippen LogP contribution in [0.2, 0.25) is 0 Å². The van der Waals surface area contributed by atoms with Crippen LogP contribution in [0.25, 0.3) is 11.5 Å². The molecule has 1 aliphatic carbocycles. The van der Waals surface area contributed by atoms with E-state index in [2.05, 4.69) is 33.0 Å². The minimum absolute atomic E-state index is 0.443. The quantitative estimate of drug-likeness (QED) is 0.810. The number of anilines is 1. The van der Waals surface area contributed by atoms with E-state index in [4.69, 9.17) is 10.3 Å². The van der Waals surface area contributed by atoms with Crippen LogP contribution in [0.5, 0.6) is 0 Å². The Morgan fingerprint density at radius 1 is 1.38 bits per heavy atom. The lowest BCUT2D eigenvalue weighted by Gasteiger charge is -2.26. The summed E-state index contributed by atoms with van der Waals surface area (Å²) in [6, 6.07) is 5.67. The zero-order valence-electron chi connectivity index (χ0n) is 12.2. The molecule has 0 spiro atoms. The number of benzene rings is 1. The maximum Gasteiger partial charge on any atom is 0.257 e. The van der Waals surface area contributed by atoms with Crippen molar-refractivity contribution in [3.05, 3.63) is 28.5 Å². The molecule has 2 unspecified atom stereocenters. The predicted octanol–water partition coefficient (Wildman–Crippen LogP) is 4.77. The van der Waals surface area contributed by atoms with Crippen LogP contribution in [0, 0.1) is 5.92 Å². The van der Waals surface area contributed by atoms with Crippen LogP contribution in [0.4, 0.5) is 5.69 Å². The van der Waals surface area contributed by atoms with Gasteiger partial charge in [0.25, 0.3) is 5.89 Å². The molecule has 1 aliphatic rings. The first-order valence-corrected chi connectivity index (χ1v) is 8.35. The molecule has 0 amide bonds. The Balaban J connectivity index is 1.81. The first kappa shape index (κ1) is 14.6. The average Bonchev–Trinajstić information content (AvgIpc) is 3.00. The molecule has 21 heavy (non-hydrogen) atoms. The smallest absolute Gasteiger partial charge is 0.257 e. The first-order chi connectivity index (χ1) is 10.2. The van der Waals surface area contributed by atoms with Gasteiger partial charge in [0.2, 0.25) is 0 Å². The Bertz CT molecular complexity index is 626. The van der Waals surface area contributed by atoms with Crippen molar-refractivity contribution in [3.8, 4) is 11.5 Å². The normalized spacial score (nSPS) is 22.4. The molecule has 3 rings (SSSR count). The van der Waals surface area contributed by atoms with Crippen molar-refractivity contribution < 1.29 is 4.52 Å². The summed E-state index contributed by atoms with van der Waals surface area (Å²) in [6.07, 6.45) is 6.19. The zero-order valence-corrected chi connectivity index (χ0v) is 13.8. The van der Waals surface area contributed by atoms with Crippen LogP contribution < -0.4 is 5.73 Å². The Labute approximate surface area is 133 Å². The average molecular weight is 350 g/mol. The largest absolute Gasteiger partial charge is 0.398 e. The summed E-state index contributed by atoms with van der Waals surface area (Å²) in [6.45, 7) is 2.26. The van der Waals surface area contributed by atoms with E-state index in [0.29, 0.717) is 17.5 Å². The number of aromatic nitrogens is 2. The summed E-state index contributed by atoms with van der Waals surface area (Å²) in [7, 11) is 0. The minimum Gasteiger partial charge on any atom is -0.398 e. The Hall–Kier alpha value is -1.36. The van der Waals surface area contributed by atoms with E-state index in [1.807, 2.05) is 18.2 Å². The fourth-order valence-corrected chi connectivity index (χ4v) is 3.45. The zero-order chi connectivity index (χ0) is 14.8. The molecule has 5 heteroatoms. The van der Waals surface area contributed by atoms with Gasteiger partial charge >= 0.3 is 0 Å². The van der Waals surface area contributed by atoms with Crippen molar-refractivity contribution in [1.29, 1.82) is 0 Å². The van der Waals surface area contributed by atoms with Gasteiger partial charge < -0.3 is 10.3 Å². The Kier molecular flexibility index (Phi) is 4.29. The molecular weight excluding hydrogens is 330 g/mol. The topological polar surface area (TPSA) is 64.9 Å². The summed E-state index contributed by atoms with van der Waals surface area (Å²) in [5, 5.41) is 4.20. The second-order valence-electron chi connectivity index (χ2n) is 5.83. The minimum atomic E-state index is 0.443. The van der Waals surface area contributed by atoms with Crippen molar-refractivity contribution in [1.82, 2.24) is 10.1 Å². The number of nitrogens with zero attached hydrogens (tertiary/aromatic N) is 2. The summed E-state index contributed by atoms with van der Waals surface area (Å²) < 4.78 is 6.30. The lowest BCUT2D eigenvalue weighted by molar-refractivity contribution is 0.300. The third-order valence-corrected chi connectivity index (χ3v) is 5.10. The van der Waals surface area contributed by atoms with Crippen molar-refractivity contribution in [2.24, 2.45) is 5.92 Å². The second kappa shape index (κ2) is 6.18. The molecule has 0 aliphatic heterocycles. The van der Waals surface area contributed by atoms with E-state index in [1.54, 1.807) is 0 Å². The first-order valence-electron chi connectivity index (χ1n) is 7.56. The standard InChI is InChI=1S/C16H20BrN3O/c1-2-10-4-3-5-11(8-10)15-19-16(21-20-15)12-6-7-14(18)13(17)9-12/h6-7,9-11H,2-5,8,18H2,1H3. The summed E-state index contributed by atoms with van der Waals surface area (Å²) >= 11 is 3.43. The van der Waals surface area contributed by atoms with Gasteiger partial charge in [-0.05, 0) is 52.9 Å². The highest BCUT2D eigenvalue weighted by Gasteiger charge is 2.26. The summed E-state index contributed by atoms with van der Waals surface area (Å²) in [5.41, 5.74) is 7.41. The fraction of sp³-hybridized carbons (Fsp3) is 0.500. The van der Waals surface area contributed by atoms with Gasteiger partial charge in [0.05, 0.1) is 0 Å². The van der Waals surface area contributed by atoms with Crippen LogP contribution in [-0.2, 0) is 0 Å². The van der Waals surface area contributed by atoms with E-state index in [9.17, 15) is 0 Å². The fourth-order valence-electron chi connectivity index (χ4n) is 3.07. The van der Waals surface area contributed by atoms with Gasteiger partial charge in [-0.15, -0.1) is 0 Å². The lowest BCUT2D eigenvalue weighted by atomic mass is 9.80. The molecule has 1 heterocycles. The van der Waals surface area contributed by atoms with Crippen LogP contribution in [0.3, 0.4) is 0 Å². The van der Waals surface area contributed by atoms with E-state index < -0.39 is 0 Å². The van der Waals surface area contributed by atoms with Gasteiger partial charge in [-0.1, -0.05) is 31.3 Å². The van der Waals surface area contributed by atoms with Crippen molar-refractivity contribution in [2.45, 2.75) is 44.9 Å². The molecular formula is C16H20BrN3O. The molecule has 112 valence electrons. The van der Waals surface area contributed by atoms with Gasteiger partial charge in [0.15, 0.2) is 5.82 Å².